The molecule has 0 radical (unpaired) electrons. The second kappa shape index (κ2) is 11.3. The number of hydrogen-bond acceptors (Lipinski definition) is 5. The molecule has 3 rings (SSSR count). The first kappa shape index (κ1) is 31.8. The lowest BCUT2D eigenvalue weighted by atomic mass is 9.85. The molecule has 1 saturated carbocycles. The molecule has 4 amide bonds. The Morgan fingerprint density at radius 2 is 1.80 bits per heavy atom. The molecular formula is C28H35F4N5O4. The molecule has 1 aromatic carbocycles. The van der Waals surface area contributed by atoms with Crippen molar-refractivity contribution >= 4 is 29.3 Å². The van der Waals surface area contributed by atoms with Crippen molar-refractivity contribution in [3.8, 4) is 6.07 Å². The zero-order chi connectivity index (χ0) is 31.1. The minimum Gasteiger partial charge on any atom is -0.339 e. The van der Waals surface area contributed by atoms with Crippen LogP contribution in [-0.4, -0.2) is 59.4 Å². The van der Waals surface area contributed by atoms with Gasteiger partial charge in [-0.25, -0.2) is 4.39 Å². The van der Waals surface area contributed by atoms with Crippen molar-refractivity contribution in [3.63, 3.8) is 0 Å². The van der Waals surface area contributed by atoms with Gasteiger partial charge in [-0.2, -0.15) is 18.4 Å². The van der Waals surface area contributed by atoms with Crippen LogP contribution in [0.25, 0.3) is 0 Å². The quantitative estimate of drug-likeness (QED) is 0.384. The molecule has 13 heteroatoms. The number of carbonyl (C=O) groups is 4. The van der Waals surface area contributed by atoms with Crippen LogP contribution >= 0.6 is 0 Å². The highest BCUT2D eigenvalue weighted by atomic mass is 19.4. The van der Waals surface area contributed by atoms with Gasteiger partial charge in [0.2, 0.25) is 17.7 Å². The summed E-state index contributed by atoms with van der Waals surface area (Å²) in [4.78, 5) is 52.5. The second-order valence-corrected chi connectivity index (χ2v) is 12.5. The molecule has 41 heavy (non-hydrogen) atoms. The lowest BCUT2D eigenvalue weighted by molar-refractivity contribution is -0.176. The van der Waals surface area contributed by atoms with Crippen molar-refractivity contribution in [3.05, 3.63) is 29.6 Å². The molecular weight excluding hydrogens is 546 g/mol. The van der Waals surface area contributed by atoms with E-state index >= 15 is 0 Å². The van der Waals surface area contributed by atoms with E-state index < -0.39 is 65.1 Å². The highest BCUT2D eigenvalue weighted by molar-refractivity contribution is 6.03. The van der Waals surface area contributed by atoms with E-state index in [9.17, 15) is 42.0 Å². The molecule has 1 unspecified atom stereocenters. The number of carbonyl (C=O) groups excluding carboxylic acids is 4. The molecule has 2 aliphatic rings. The van der Waals surface area contributed by atoms with Gasteiger partial charge in [0.1, 0.15) is 23.9 Å². The Hall–Kier alpha value is -3.69. The van der Waals surface area contributed by atoms with Gasteiger partial charge in [0, 0.05) is 6.54 Å². The minimum atomic E-state index is -5.22. The average Bonchev–Trinajstić information content (AvgIpc) is 3.33. The molecule has 1 fully saturated rings. The van der Waals surface area contributed by atoms with Crippen molar-refractivity contribution in [1.82, 2.24) is 15.5 Å². The van der Waals surface area contributed by atoms with Gasteiger partial charge in [0.15, 0.2) is 0 Å². The highest BCUT2D eigenvalue weighted by Gasteiger charge is 2.50. The van der Waals surface area contributed by atoms with Crippen LogP contribution in [0.3, 0.4) is 0 Å². The molecule has 5 atom stereocenters. The van der Waals surface area contributed by atoms with Crippen LogP contribution in [0, 0.1) is 33.9 Å². The fourth-order valence-electron chi connectivity index (χ4n) is 4.95. The molecule has 3 N–H and O–H groups in total. The van der Waals surface area contributed by atoms with Crippen molar-refractivity contribution in [2.75, 3.05) is 11.9 Å². The van der Waals surface area contributed by atoms with E-state index in [1.54, 1.807) is 11.4 Å². The smallest absolute Gasteiger partial charge is 0.339 e. The Kier molecular flexibility index (Phi) is 8.77. The lowest BCUT2D eigenvalue weighted by Crippen LogP contribution is -2.61. The third kappa shape index (κ3) is 7.15. The van der Waals surface area contributed by atoms with Gasteiger partial charge in [-0.15, -0.1) is 0 Å². The van der Waals surface area contributed by atoms with Crippen molar-refractivity contribution in [2.45, 2.75) is 84.6 Å². The SMILES string of the molecule is C[C@@H](C(=O)N[C@H](C#N)CC1C(=O)Nc2c(F)cccc21)N(C[C@H]1CC1(C)C)C(=O)[C@@H](NC(=O)C(F)(F)F)C(C)(C)C. The molecule has 0 aromatic heterocycles. The number of para-hydroxylation sites is 1. The lowest BCUT2D eigenvalue weighted by Gasteiger charge is -2.38. The largest absolute Gasteiger partial charge is 0.471 e. The molecule has 1 aliphatic carbocycles. The summed E-state index contributed by atoms with van der Waals surface area (Å²) >= 11 is 0. The van der Waals surface area contributed by atoms with E-state index in [4.69, 9.17) is 0 Å². The Balaban J connectivity index is 1.82. The van der Waals surface area contributed by atoms with E-state index in [1.165, 1.54) is 39.8 Å². The monoisotopic (exact) mass is 581 g/mol. The third-order valence-corrected chi connectivity index (χ3v) is 7.84. The molecule has 224 valence electrons. The number of rotatable bonds is 9. The van der Waals surface area contributed by atoms with E-state index in [2.05, 4.69) is 10.6 Å². The number of benzene rings is 1. The summed E-state index contributed by atoms with van der Waals surface area (Å²) in [5.41, 5.74) is -0.941. The van der Waals surface area contributed by atoms with Crippen molar-refractivity contribution < 1.29 is 36.7 Å². The summed E-state index contributed by atoms with van der Waals surface area (Å²) in [6.07, 6.45) is -4.68. The topological polar surface area (TPSA) is 131 Å². The summed E-state index contributed by atoms with van der Waals surface area (Å²) in [6, 6.07) is 2.03. The summed E-state index contributed by atoms with van der Waals surface area (Å²) in [7, 11) is 0. The number of fused-ring (bicyclic) bond motifs is 1. The Morgan fingerprint density at radius 3 is 2.32 bits per heavy atom. The summed E-state index contributed by atoms with van der Waals surface area (Å²) in [6.45, 7) is 9.83. The fraction of sp³-hybridized carbons (Fsp3) is 0.607. The molecule has 0 saturated heterocycles. The van der Waals surface area contributed by atoms with Crippen LogP contribution in [0.15, 0.2) is 18.2 Å². The number of alkyl halides is 3. The van der Waals surface area contributed by atoms with E-state index in [0.717, 1.165) is 4.90 Å². The fourth-order valence-corrected chi connectivity index (χ4v) is 4.95. The Morgan fingerprint density at radius 1 is 1.20 bits per heavy atom. The maximum absolute atomic E-state index is 14.1. The Labute approximate surface area is 236 Å². The van der Waals surface area contributed by atoms with Gasteiger partial charge in [-0.05, 0) is 48.1 Å². The van der Waals surface area contributed by atoms with Crippen LogP contribution in [0.2, 0.25) is 0 Å². The van der Waals surface area contributed by atoms with Crippen LogP contribution in [0.5, 0.6) is 0 Å². The van der Waals surface area contributed by atoms with Gasteiger partial charge in [0.25, 0.3) is 0 Å². The number of nitriles is 1. The van der Waals surface area contributed by atoms with Crippen molar-refractivity contribution in [2.24, 2.45) is 16.7 Å². The number of halogens is 4. The summed E-state index contributed by atoms with van der Waals surface area (Å²) < 4.78 is 53.4. The number of hydrogen-bond donors (Lipinski definition) is 3. The van der Waals surface area contributed by atoms with E-state index in [1.807, 2.05) is 19.9 Å². The van der Waals surface area contributed by atoms with E-state index in [0.29, 0.717) is 12.0 Å². The van der Waals surface area contributed by atoms with Gasteiger partial charge >= 0.3 is 12.1 Å². The predicted octanol–water partition coefficient (Wildman–Crippen LogP) is 3.62. The molecule has 9 nitrogen and oxygen atoms in total. The Bertz CT molecular complexity index is 1270. The number of amides is 4. The van der Waals surface area contributed by atoms with E-state index in [-0.39, 0.29) is 30.0 Å². The molecule has 1 aliphatic heterocycles. The van der Waals surface area contributed by atoms with Crippen LogP contribution in [0.4, 0.5) is 23.2 Å². The first-order valence-corrected chi connectivity index (χ1v) is 13.3. The predicted molar refractivity (Wildman–Crippen MR) is 140 cm³/mol. The summed E-state index contributed by atoms with van der Waals surface area (Å²) in [5.74, 6) is -6.02. The van der Waals surface area contributed by atoms with Gasteiger partial charge in [-0.3, -0.25) is 19.2 Å². The van der Waals surface area contributed by atoms with Gasteiger partial charge < -0.3 is 20.9 Å². The minimum absolute atomic E-state index is 0.0110. The molecule has 1 heterocycles. The number of nitrogens with one attached hydrogen (secondary N) is 3. The summed E-state index contributed by atoms with van der Waals surface area (Å²) in [5, 5.41) is 16.5. The van der Waals surface area contributed by atoms with Crippen LogP contribution < -0.4 is 16.0 Å². The molecule has 0 bridgehead atoms. The molecule has 0 spiro atoms. The highest BCUT2D eigenvalue weighted by Crippen LogP contribution is 2.52. The first-order chi connectivity index (χ1) is 18.8. The van der Waals surface area contributed by atoms with Gasteiger partial charge in [-0.1, -0.05) is 46.8 Å². The van der Waals surface area contributed by atoms with Crippen LogP contribution in [0.1, 0.15) is 65.9 Å². The number of anilines is 1. The first-order valence-electron chi connectivity index (χ1n) is 13.3. The zero-order valence-electron chi connectivity index (χ0n) is 23.8. The second-order valence-electron chi connectivity index (χ2n) is 12.5. The van der Waals surface area contributed by atoms with Crippen molar-refractivity contribution in [1.29, 1.82) is 5.26 Å². The van der Waals surface area contributed by atoms with Gasteiger partial charge in [0.05, 0.1) is 17.7 Å². The third-order valence-electron chi connectivity index (χ3n) is 7.84. The molecule has 1 aromatic rings. The zero-order valence-corrected chi connectivity index (χ0v) is 23.8. The maximum atomic E-state index is 14.1. The maximum Gasteiger partial charge on any atom is 0.471 e. The standard InChI is InChI=1S/C28H35F4N5O4/c1-14(22(38)34-16(12-33)10-18-17-8-7-9-19(29)20(17)35-23(18)39)37(13-15-11-27(15,5)6)24(40)21(26(2,3)4)36-25(41)28(30,31)32/h7-9,14-16,18,21H,10-11,13H2,1-6H3,(H,34,38)(H,35,39)(H,36,41)/t14-,15+,16-,18?,21+/m0/s1. The normalized spacial score (nSPS) is 21.4. The average molecular weight is 582 g/mol. The van der Waals surface area contributed by atoms with Crippen LogP contribution in [-0.2, 0) is 19.2 Å². The number of nitrogens with zero attached hydrogens (tertiary/aromatic N) is 2.